The zero-order valence-electron chi connectivity index (χ0n) is 10.6. The Morgan fingerprint density at radius 1 is 1.05 bits per heavy atom. The Hall–Kier alpha value is -1.84. The van der Waals surface area contributed by atoms with E-state index in [-0.39, 0.29) is 11.8 Å². The Morgan fingerprint density at radius 2 is 1.79 bits per heavy atom. The van der Waals surface area contributed by atoms with Gasteiger partial charge < -0.3 is 15.5 Å². The minimum atomic E-state index is -0.400. The molecular weight excluding hydrogens is 238 g/mol. The largest absolute Gasteiger partial charge is 0.508 e. The first kappa shape index (κ1) is 12.2. The van der Waals surface area contributed by atoms with Crippen LogP contribution in [0.1, 0.15) is 22.7 Å². The minimum absolute atomic E-state index is 0.0594. The van der Waals surface area contributed by atoms with Gasteiger partial charge in [0.15, 0.2) is 0 Å². The van der Waals surface area contributed by atoms with E-state index < -0.39 is 6.10 Å². The molecule has 2 aromatic carbocycles. The van der Waals surface area contributed by atoms with Gasteiger partial charge in [0.1, 0.15) is 5.75 Å². The van der Waals surface area contributed by atoms with E-state index in [1.165, 1.54) is 5.56 Å². The molecule has 98 valence electrons. The first-order valence-electron chi connectivity index (χ1n) is 6.52. The van der Waals surface area contributed by atoms with Gasteiger partial charge in [0.2, 0.25) is 0 Å². The van der Waals surface area contributed by atoms with Crippen molar-refractivity contribution in [2.24, 2.45) is 0 Å². The maximum absolute atomic E-state index is 10.1. The Morgan fingerprint density at radius 3 is 2.63 bits per heavy atom. The number of phenolic OH excluding ortho intramolecular Hbond substituents is 1. The monoisotopic (exact) mass is 255 g/mol. The zero-order valence-corrected chi connectivity index (χ0v) is 10.6. The SMILES string of the molecule is Oc1ccccc1CNC1c2ccccc2CC1O. The van der Waals surface area contributed by atoms with Gasteiger partial charge in [-0.25, -0.2) is 0 Å². The zero-order chi connectivity index (χ0) is 13.2. The highest BCUT2D eigenvalue weighted by Gasteiger charge is 2.30. The molecule has 3 rings (SSSR count). The lowest BCUT2D eigenvalue weighted by Crippen LogP contribution is -2.28. The average Bonchev–Trinajstić information content (AvgIpc) is 2.74. The molecule has 1 aliphatic carbocycles. The van der Waals surface area contributed by atoms with Crippen molar-refractivity contribution in [3.05, 3.63) is 65.2 Å². The minimum Gasteiger partial charge on any atom is -0.508 e. The van der Waals surface area contributed by atoms with Crippen LogP contribution in [0.3, 0.4) is 0 Å². The van der Waals surface area contributed by atoms with Crippen molar-refractivity contribution in [2.45, 2.75) is 25.1 Å². The maximum Gasteiger partial charge on any atom is 0.120 e. The number of hydrogen-bond donors (Lipinski definition) is 3. The molecule has 2 aromatic rings. The van der Waals surface area contributed by atoms with Crippen molar-refractivity contribution < 1.29 is 10.2 Å². The number of hydrogen-bond acceptors (Lipinski definition) is 3. The van der Waals surface area contributed by atoms with E-state index in [0.29, 0.717) is 13.0 Å². The predicted molar refractivity (Wildman–Crippen MR) is 73.8 cm³/mol. The molecule has 19 heavy (non-hydrogen) atoms. The van der Waals surface area contributed by atoms with Crippen molar-refractivity contribution in [1.82, 2.24) is 5.32 Å². The summed E-state index contributed by atoms with van der Waals surface area (Å²) in [6.45, 7) is 0.544. The summed E-state index contributed by atoms with van der Waals surface area (Å²) in [6, 6.07) is 15.3. The molecule has 0 spiro atoms. The summed E-state index contributed by atoms with van der Waals surface area (Å²) in [4.78, 5) is 0. The maximum atomic E-state index is 10.1. The molecule has 0 saturated heterocycles. The van der Waals surface area contributed by atoms with Crippen LogP contribution in [0.5, 0.6) is 5.75 Å². The van der Waals surface area contributed by atoms with Gasteiger partial charge in [0.05, 0.1) is 12.1 Å². The third-order valence-electron chi connectivity index (χ3n) is 3.71. The number of nitrogens with one attached hydrogen (secondary N) is 1. The fraction of sp³-hybridized carbons (Fsp3) is 0.250. The number of aliphatic hydroxyl groups excluding tert-OH is 1. The van der Waals surface area contributed by atoms with E-state index in [4.69, 9.17) is 0 Å². The molecular formula is C16H17NO2. The van der Waals surface area contributed by atoms with Gasteiger partial charge >= 0.3 is 0 Å². The van der Waals surface area contributed by atoms with Crippen LogP contribution in [0.15, 0.2) is 48.5 Å². The number of aliphatic hydroxyl groups is 1. The van der Waals surface area contributed by atoms with E-state index in [1.807, 2.05) is 30.3 Å². The summed E-state index contributed by atoms with van der Waals surface area (Å²) in [5.41, 5.74) is 3.20. The Labute approximate surface area is 112 Å². The highest BCUT2D eigenvalue weighted by molar-refractivity contribution is 5.37. The molecule has 2 atom stereocenters. The number of para-hydroxylation sites is 1. The number of phenols is 1. The van der Waals surface area contributed by atoms with Gasteiger partial charge in [-0.1, -0.05) is 42.5 Å². The summed E-state index contributed by atoms with van der Waals surface area (Å²) in [5.74, 6) is 0.288. The standard InChI is InChI=1S/C16H17NO2/c18-14-8-4-2-6-12(14)10-17-16-13-7-3-1-5-11(13)9-15(16)19/h1-8,15-19H,9-10H2. The fourth-order valence-electron chi connectivity index (χ4n) is 2.70. The third-order valence-corrected chi connectivity index (χ3v) is 3.71. The molecule has 3 N–H and O–H groups in total. The van der Waals surface area contributed by atoms with E-state index in [9.17, 15) is 10.2 Å². The second-order valence-electron chi connectivity index (χ2n) is 4.96. The molecule has 0 amide bonds. The normalized spacial score (nSPS) is 21.3. The summed E-state index contributed by atoms with van der Waals surface area (Å²) in [5, 5.41) is 23.2. The quantitative estimate of drug-likeness (QED) is 0.787. The van der Waals surface area contributed by atoms with Gasteiger partial charge in [-0.2, -0.15) is 0 Å². The van der Waals surface area contributed by atoms with Crippen LogP contribution in [0.4, 0.5) is 0 Å². The predicted octanol–water partition coefficient (Wildman–Crippen LogP) is 2.14. The number of benzene rings is 2. The first-order chi connectivity index (χ1) is 9.25. The lowest BCUT2D eigenvalue weighted by atomic mass is 10.1. The number of fused-ring (bicyclic) bond motifs is 1. The molecule has 1 aliphatic rings. The average molecular weight is 255 g/mol. The lowest BCUT2D eigenvalue weighted by molar-refractivity contribution is 0.140. The number of aromatic hydroxyl groups is 1. The molecule has 0 bridgehead atoms. The Balaban J connectivity index is 1.76. The molecule has 0 aliphatic heterocycles. The molecule has 3 nitrogen and oxygen atoms in total. The van der Waals surface area contributed by atoms with Gasteiger partial charge in [-0.05, 0) is 17.2 Å². The Kier molecular flexibility index (Phi) is 3.23. The van der Waals surface area contributed by atoms with Crippen LogP contribution in [0.25, 0.3) is 0 Å². The highest BCUT2D eigenvalue weighted by atomic mass is 16.3. The smallest absolute Gasteiger partial charge is 0.120 e. The van der Waals surface area contributed by atoms with Crippen molar-refractivity contribution in [2.75, 3.05) is 0 Å². The van der Waals surface area contributed by atoms with Crippen LogP contribution in [0, 0.1) is 0 Å². The van der Waals surface area contributed by atoms with E-state index in [0.717, 1.165) is 11.1 Å². The second-order valence-corrected chi connectivity index (χ2v) is 4.96. The summed E-state index contributed by atoms with van der Waals surface area (Å²) in [7, 11) is 0. The summed E-state index contributed by atoms with van der Waals surface area (Å²) < 4.78 is 0. The van der Waals surface area contributed by atoms with Gasteiger partial charge in [0, 0.05) is 18.5 Å². The molecule has 3 heteroatoms. The van der Waals surface area contributed by atoms with E-state index in [1.54, 1.807) is 12.1 Å². The van der Waals surface area contributed by atoms with Crippen LogP contribution in [-0.2, 0) is 13.0 Å². The fourth-order valence-corrected chi connectivity index (χ4v) is 2.70. The van der Waals surface area contributed by atoms with Crippen molar-refractivity contribution in [3.63, 3.8) is 0 Å². The van der Waals surface area contributed by atoms with E-state index >= 15 is 0 Å². The third kappa shape index (κ3) is 2.35. The van der Waals surface area contributed by atoms with Crippen molar-refractivity contribution in [3.8, 4) is 5.75 Å². The number of rotatable bonds is 3. The molecule has 0 fully saturated rings. The van der Waals surface area contributed by atoms with Crippen LogP contribution in [0.2, 0.25) is 0 Å². The molecule has 0 aromatic heterocycles. The highest BCUT2D eigenvalue weighted by Crippen LogP contribution is 2.31. The van der Waals surface area contributed by atoms with Crippen molar-refractivity contribution in [1.29, 1.82) is 0 Å². The van der Waals surface area contributed by atoms with Gasteiger partial charge in [-0.3, -0.25) is 0 Å². The van der Waals surface area contributed by atoms with Gasteiger partial charge in [0.25, 0.3) is 0 Å². The topological polar surface area (TPSA) is 52.5 Å². The molecule has 0 saturated carbocycles. The van der Waals surface area contributed by atoms with Gasteiger partial charge in [-0.15, -0.1) is 0 Å². The van der Waals surface area contributed by atoms with Crippen LogP contribution >= 0.6 is 0 Å². The first-order valence-corrected chi connectivity index (χ1v) is 6.52. The second kappa shape index (κ2) is 5.03. The molecule has 0 radical (unpaired) electrons. The summed E-state index contributed by atoms with van der Waals surface area (Å²) >= 11 is 0. The molecule has 2 unspecified atom stereocenters. The summed E-state index contributed by atoms with van der Waals surface area (Å²) in [6.07, 6.45) is 0.289. The van der Waals surface area contributed by atoms with Crippen molar-refractivity contribution >= 4 is 0 Å². The molecule has 0 heterocycles. The lowest BCUT2D eigenvalue weighted by Gasteiger charge is -2.18. The van der Waals surface area contributed by atoms with Crippen LogP contribution < -0.4 is 5.32 Å². The Bertz CT molecular complexity index is 582. The van der Waals surface area contributed by atoms with Crippen LogP contribution in [-0.4, -0.2) is 16.3 Å². The van der Waals surface area contributed by atoms with E-state index in [2.05, 4.69) is 11.4 Å².